The summed E-state index contributed by atoms with van der Waals surface area (Å²) in [6.07, 6.45) is 1.55. The molecule has 1 aliphatic rings. The van der Waals surface area contributed by atoms with Crippen LogP contribution < -0.4 is 14.9 Å². The summed E-state index contributed by atoms with van der Waals surface area (Å²) in [6, 6.07) is 30.5. The Hall–Kier alpha value is -4.66. The van der Waals surface area contributed by atoms with Gasteiger partial charge in [0.05, 0.1) is 12.8 Å². The van der Waals surface area contributed by atoms with Crippen molar-refractivity contribution in [1.82, 2.24) is 15.2 Å². The zero-order chi connectivity index (χ0) is 35.7. The van der Waals surface area contributed by atoms with Crippen molar-refractivity contribution in [3.8, 4) is 17.2 Å². The number of phenols is 1. The number of carbonyl (C=O) groups is 1. The smallest absolute Gasteiger partial charge is 0.254 e. The Morgan fingerprint density at radius 2 is 1.32 bits per heavy atom. The van der Waals surface area contributed by atoms with Gasteiger partial charge in [-0.3, -0.25) is 14.6 Å². The third kappa shape index (κ3) is 10.4. The summed E-state index contributed by atoms with van der Waals surface area (Å²) in [5.41, 5.74) is 8.24. The number of piperazine rings is 1. The molecule has 0 unspecified atom stereocenters. The first-order valence-electron chi connectivity index (χ1n) is 17.5. The van der Waals surface area contributed by atoms with E-state index in [2.05, 4.69) is 104 Å². The number of ether oxygens (including phenoxy) is 2. The van der Waals surface area contributed by atoms with Gasteiger partial charge in [0.25, 0.3) is 5.91 Å². The van der Waals surface area contributed by atoms with Crippen LogP contribution in [-0.2, 0) is 35.4 Å². The van der Waals surface area contributed by atoms with Crippen molar-refractivity contribution in [3.05, 3.63) is 124 Å². The van der Waals surface area contributed by atoms with E-state index in [4.69, 9.17) is 9.47 Å². The van der Waals surface area contributed by atoms with Gasteiger partial charge < -0.3 is 14.6 Å². The maximum absolute atomic E-state index is 12.8. The molecule has 50 heavy (non-hydrogen) atoms. The molecule has 1 saturated heterocycles. The van der Waals surface area contributed by atoms with Gasteiger partial charge in [0, 0.05) is 43.9 Å². The lowest BCUT2D eigenvalue weighted by molar-refractivity contribution is -0.122. The van der Waals surface area contributed by atoms with Gasteiger partial charge in [-0.15, -0.1) is 0 Å². The van der Waals surface area contributed by atoms with Gasteiger partial charge in [-0.1, -0.05) is 114 Å². The fourth-order valence-electron chi connectivity index (χ4n) is 5.89. The predicted molar refractivity (Wildman–Crippen MR) is 201 cm³/mol. The lowest BCUT2D eigenvalue weighted by atomic mass is 9.79. The highest BCUT2D eigenvalue weighted by Gasteiger charge is 2.25. The number of amides is 1. The minimum absolute atomic E-state index is 0.0967. The Morgan fingerprint density at radius 3 is 1.90 bits per heavy atom. The molecule has 8 nitrogen and oxygen atoms in total. The quantitative estimate of drug-likeness (QED) is 0.120. The molecule has 8 heteroatoms. The van der Waals surface area contributed by atoms with E-state index in [0.717, 1.165) is 72.0 Å². The molecule has 1 amide bonds. The topological polar surface area (TPSA) is 86.6 Å². The molecule has 0 atom stereocenters. The number of hydrogen-bond acceptors (Lipinski definition) is 7. The fourth-order valence-corrected chi connectivity index (χ4v) is 5.89. The van der Waals surface area contributed by atoms with Crippen molar-refractivity contribution in [1.29, 1.82) is 0 Å². The van der Waals surface area contributed by atoms with Crippen LogP contribution in [0.4, 0.5) is 0 Å². The highest BCUT2D eigenvalue weighted by atomic mass is 16.5. The Balaban J connectivity index is 1.14. The number of nitrogens with zero attached hydrogens (tertiary/aromatic N) is 3. The molecule has 0 aromatic heterocycles. The van der Waals surface area contributed by atoms with Crippen molar-refractivity contribution in [2.24, 2.45) is 5.10 Å². The first kappa shape index (κ1) is 36.6. The van der Waals surface area contributed by atoms with Gasteiger partial charge in [-0.05, 0) is 51.3 Å². The van der Waals surface area contributed by atoms with Crippen molar-refractivity contribution in [3.63, 3.8) is 0 Å². The van der Waals surface area contributed by atoms with E-state index in [1.807, 2.05) is 48.5 Å². The number of phenolic OH excluding ortho intramolecular Hbond substituents is 1. The van der Waals surface area contributed by atoms with Crippen LogP contribution >= 0.6 is 0 Å². The average Bonchev–Trinajstić information content (AvgIpc) is 3.08. The molecule has 0 radical (unpaired) electrons. The molecule has 4 aromatic rings. The van der Waals surface area contributed by atoms with Gasteiger partial charge in [0.2, 0.25) is 0 Å². The molecule has 1 heterocycles. The van der Waals surface area contributed by atoms with E-state index in [0.29, 0.717) is 18.8 Å². The van der Waals surface area contributed by atoms with E-state index in [-0.39, 0.29) is 29.0 Å². The summed E-state index contributed by atoms with van der Waals surface area (Å²) in [7, 11) is 0. The number of aromatic hydroxyl groups is 1. The highest BCUT2D eigenvalue weighted by molar-refractivity contribution is 5.86. The van der Waals surface area contributed by atoms with Gasteiger partial charge in [-0.25, -0.2) is 5.43 Å². The molecule has 0 aliphatic carbocycles. The van der Waals surface area contributed by atoms with Crippen LogP contribution in [-0.4, -0.2) is 59.8 Å². The van der Waals surface area contributed by atoms with Gasteiger partial charge in [0.1, 0.15) is 19.0 Å². The van der Waals surface area contributed by atoms with E-state index in [1.54, 1.807) is 6.21 Å². The first-order valence-corrected chi connectivity index (χ1v) is 17.5. The molecule has 1 aliphatic heterocycles. The molecule has 0 spiro atoms. The van der Waals surface area contributed by atoms with Crippen molar-refractivity contribution >= 4 is 12.1 Å². The van der Waals surface area contributed by atoms with Crippen LogP contribution in [0.1, 0.15) is 74.9 Å². The molecule has 2 N–H and O–H groups in total. The number of benzene rings is 4. The maximum atomic E-state index is 12.8. The molecule has 0 bridgehead atoms. The van der Waals surface area contributed by atoms with E-state index >= 15 is 0 Å². The summed E-state index contributed by atoms with van der Waals surface area (Å²) in [4.78, 5) is 17.4. The van der Waals surface area contributed by atoms with Crippen molar-refractivity contribution < 1.29 is 19.4 Å². The number of hydrogen-bond donors (Lipinski definition) is 2. The second kappa shape index (κ2) is 16.4. The summed E-state index contributed by atoms with van der Waals surface area (Å²) >= 11 is 0. The van der Waals surface area contributed by atoms with Crippen LogP contribution in [0.3, 0.4) is 0 Å². The Labute approximate surface area is 297 Å². The normalized spacial score (nSPS) is 14.5. The summed E-state index contributed by atoms with van der Waals surface area (Å²) < 4.78 is 12.5. The molecule has 0 saturated carbocycles. The summed E-state index contributed by atoms with van der Waals surface area (Å²) in [6.45, 7) is 17.9. The maximum Gasteiger partial charge on any atom is 0.254 e. The predicted octanol–water partition coefficient (Wildman–Crippen LogP) is 7.41. The van der Waals surface area contributed by atoms with Crippen molar-refractivity contribution in [2.75, 3.05) is 32.7 Å². The highest BCUT2D eigenvalue weighted by Crippen LogP contribution is 2.37. The Kier molecular flexibility index (Phi) is 12.0. The number of rotatable bonds is 12. The minimum Gasteiger partial charge on any atom is -0.507 e. The minimum atomic E-state index is -0.238. The molecule has 4 aromatic carbocycles. The zero-order valence-electron chi connectivity index (χ0n) is 30.4. The molecule has 1 fully saturated rings. The number of carbonyl (C=O) groups excluding carboxylic acids is 1. The third-order valence-corrected chi connectivity index (χ3v) is 8.93. The molecule has 264 valence electrons. The fraction of sp³-hybridized carbons (Fsp3) is 0.381. The van der Waals surface area contributed by atoms with E-state index < -0.39 is 0 Å². The average molecular weight is 677 g/mol. The zero-order valence-corrected chi connectivity index (χ0v) is 30.4. The molecular formula is C42H52N4O4. The largest absolute Gasteiger partial charge is 0.507 e. The second-order valence-corrected chi connectivity index (χ2v) is 15.1. The Morgan fingerprint density at radius 1 is 0.740 bits per heavy atom. The van der Waals surface area contributed by atoms with E-state index in [9.17, 15) is 9.90 Å². The van der Waals surface area contributed by atoms with Crippen molar-refractivity contribution in [2.45, 2.75) is 72.1 Å². The SMILES string of the molecule is CC(C)(C)c1cc(C=NNC(=O)CN2CCN(Cc3ccc(OCc4ccccc4)c(OCc4ccccc4)c3)CC2)c(O)c(C(C)(C)C)c1. The number of hydrazone groups is 1. The van der Waals surface area contributed by atoms with Crippen LogP contribution in [0.15, 0.2) is 96.1 Å². The summed E-state index contributed by atoms with van der Waals surface area (Å²) in [5, 5.41) is 15.2. The van der Waals surface area contributed by atoms with Crippen LogP contribution in [0.5, 0.6) is 17.2 Å². The molecule has 5 rings (SSSR count). The number of nitrogens with one attached hydrogen (secondary N) is 1. The summed E-state index contributed by atoms with van der Waals surface area (Å²) in [5.74, 6) is 1.47. The third-order valence-electron chi connectivity index (χ3n) is 8.93. The lowest BCUT2D eigenvalue weighted by Gasteiger charge is -2.34. The van der Waals surface area contributed by atoms with Crippen LogP contribution in [0, 0.1) is 0 Å². The molecular weight excluding hydrogens is 624 g/mol. The van der Waals surface area contributed by atoms with Gasteiger partial charge in [0.15, 0.2) is 11.5 Å². The van der Waals surface area contributed by atoms with Gasteiger partial charge >= 0.3 is 0 Å². The Bertz CT molecular complexity index is 1740. The first-order chi connectivity index (χ1) is 23.8. The van der Waals surface area contributed by atoms with Gasteiger partial charge in [-0.2, -0.15) is 5.10 Å². The van der Waals surface area contributed by atoms with E-state index in [1.165, 1.54) is 0 Å². The second-order valence-electron chi connectivity index (χ2n) is 15.1. The van der Waals surface area contributed by atoms with Crippen LogP contribution in [0.2, 0.25) is 0 Å². The monoisotopic (exact) mass is 676 g/mol. The van der Waals surface area contributed by atoms with Crippen LogP contribution in [0.25, 0.3) is 0 Å². The standard InChI is InChI=1S/C42H52N4O4/c1-41(2,3)35-24-34(40(48)36(25-35)42(4,5)6)26-43-44-39(47)28-46-21-19-45(20-22-46)27-33-17-18-37(49-29-31-13-9-7-10-14-31)38(23-33)50-30-32-15-11-8-12-16-32/h7-18,23-26,48H,19-22,27-30H2,1-6H3,(H,44,47). The lowest BCUT2D eigenvalue weighted by Crippen LogP contribution is -2.48.